The molecule has 1 aliphatic carbocycles. The van der Waals surface area contributed by atoms with Gasteiger partial charge in [0.15, 0.2) is 0 Å². The zero-order chi connectivity index (χ0) is 15.9. The predicted molar refractivity (Wildman–Crippen MR) is 92.8 cm³/mol. The molecule has 2 saturated heterocycles. The van der Waals surface area contributed by atoms with Gasteiger partial charge in [-0.2, -0.15) is 0 Å². The van der Waals surface area contributed by atoms with Crippen molar-refractivity contribution < 1.29 is 9.53 Å². The summed E-state index contributed by atoms with van der Waals surface area (Å²) in [5, 5.41) is 0. The fourth-order valence-corrected chi connectivity index (χ4v) is 5.77. The lowest BCUT2D eigenvalue weighted by atomic mass is 9.92. The van der Waals surface area contributed by atoms with Gasteiger partial charge < -0.3 is 14.2 Å². The number of likely N-dealkylation sites (tertiary alicyclic amines) is 1. The highest BCUT2D eigenvalue weighted by Crippen LogP contribution is 2.46. The molecule has 3 heterocycles. The lowest BCUT2D eigenvalue weighted by Gasteiger charge is -2.47. The first-order valence-corrected chi connectivity index (χ1v) is 9.80. The summed E-state index contributed by atoms with van der Waals surface area (Å²) in [6, 6.07) is 3.84. The van der Waals surface area contributed by atoms with Crippen LogP contribution < -0.4 is 0 Å². The van der Waals surface area contributed by atoms with E-state index in [9.17, 15) is 4.79 Å². The third-order valence-corrected chi connectivity index (χ3v) is 7.20. The number of amides is 1. The van der Waals surface area contributed by atoms with Gasteiger partial charge in [0.1, 0.15) is 5.69 Å². The summed E-state index contributed by atoms with van der Waals surface area (Å²) in [6.45, 7) is 2.71. The largest absolute Gasteiger partial charge is 0.377 e. The monoisotopic (exact) mass is 334 g/mol. The molecule has 5 heteroatoms. The first-order valence-electron chi connectivity index (χ1n) is 8.81. The van der Waals surface area contributed by atoms with Gasteiger partial charge in [-0.25, -0.2) is 0 Å². The van der Waals surface area contributed by atoms with E-state index in [0.29, 0.717) is 6.10 Å². The Morgan fingerprint density at radius 3 is 2.87 bits per heavy atom. The van der Waals surface area contributed by atoms with Gasteiger partial charge in [-0.1, -0.05) is 12.8 Å². The number of aryl methyl sites for hydroxylation is 1. The first-order chi connectivity index (χ1) is 11.2. The number of carbonyl (C=O) groups is 1. The molecule has 4 rings (SSSR count). The van der Waals surface area contributed by atoms with Crippen molar-refractivity contribution in [3.63, 3.8) is 0 Å². The maximum absolute atomic E-state index is 12.5. The van der Waals surface area contributed by atoms with E-state index in [1.807, 2.05) is 46.6 Å². The zero-order valence-electron chi connectivity index (χ0n) is 13.9. The molecule has 126 valence electrons. The van der Waals surface area contributed by atoms with E-state index in [1.54, 1.807) is 0 Å². The van der Waals surface area contributed by atoms with Gasteiger partial charge in [0.05, 0.1) is 10.9 Å². The number of hydrogen-bond acceptors (Lipinski definition) is 3. The summed E-state index contributed by atoms with van der Waals surface area (Å²) in [5.41, 5.74) is 0.789. The maximum Gasteiger partial charge on any atom is 0.270 e. The number of thioether (sulfide) groups is 1. The van der Waals surface area contributed by atoms with E-state index in [2.05, 4.69) is 0 Å². The molecule has 1 aromatic heterocycles. The molecule has 3 fully saturated rings. The predicted octanol–water partition coefficient (Wildman–Crippen LogP) is 2.93. The summed E-state index contributed by atoms with van der Waals surface area (Å²) in [5.74, 6) is 2.06. The minimum atomic E-state index is 0.166. The number of aromatic nitrogens is 1. The van der Waals surface area contributed by atoms with E-state index in [-0.39, 0.29) is 10.7 Å². The lowest BCUT2D eigenvalue weighted by Crippen LogP contribution is -2.61. The Morgan fingerprint density at radius 2 is 2.17 bits per heavy atom. The van der Waals surface area contributed by atoms with E-state index in [4.69, 9.17) is 4.74 Å². The van der Waals surface area contributed by atoms with Crippen molar-refractivity contribution in [3.8, 4) is 0 Å². The molecule has 0 radical (unpaired) electrons. The van der Waals surface area contributed by atoms with E-state index in [0.717, 1.165) is 43.5 Å². The molecule has 4 nitrogen and oxygen atoms in total. The Hall–Kier alpha value is -0.940. The topological polar surface area (TPSA) is 34.5 Å². The molecule has 0 aromatic carbocycles. The Bertz CT molecular complexity index is 573. The molecule has 1 amide bonds. The second-order valence-electron chi connectivity index (χ2n) is 7.47. The van der Waals surface area contributed by atoms with Crippen LogP contribution in [0.3, 0.4) is 0 Å². The van der Waals surface area contributed by atoms with Crippen LogP contribution in [-0.4, -0.2) is 51.7 Å². The highest BCUT2D eigenvalue weighted by Gasteiger charge is 2.51. The summed E-state index contributed by atoms with van der Waals surface area (Å²) in [4.78, 5) is 14.5. The van der Waals surface area contributed by atoms with E-state index in [1.165, 1.54) is 25.7 Å². The fraction of sp³-hybridized carbons (Fsp3) is 0.722. The molecule has 1 spiro atoms. The average Bonchev–Trinajstić information content (AvgIpc) is 3.23. The van der Waals surface area contributed by atoms with E-state index < -0.39 is 0 Å². The third-order valence-electron chi connectivity index (χ3n) is 5.63. The number of rotatable bonds is 4. The first kappa shape index (κ1) is 15.6. The fourth-order valence-electron chi connectivity index (χ4n) is 4.22. The van der Waals surface area contributed by atoms with Crippen molar-refractivity contribution in [2.45, 2.75) is 43.0 Å². The molecular weight excluding hydrogens is 308 g/mol. The zero-order valence-corrected chi connectivity index (χ0v) is 14.7. The minimum absolute atomic E-state index is 0.166. The van der Waals surface area contributed by atoms with Crippen LogP contribution in [0.2, 0.25) is 0 Å². The minimum Gasteiger partial charge on any atom is -0.377 e. The standard InChI is InChI=1S/C18H26N2O2S/c1-19-8-4-7-16(19)17(21)20-12-18(13-20)9-15(11-23-18)22-10-14-5-2-3-6-14/h4,7-8,14-15H,2-3,5-6,9-13H2,1H3/t15-/m1/s1. The Balaban J connectivity index is 1.26. The van der Waals surface area contributed by atoms with Gasteiger partial charge in [0, 0.05) is 38.7 Å². The average molecular weight is 334 g/mol. The van der Waals surface area contributed by atoms with Crippen LogP contribution in [0, 0.1) is 5.92 Å². The molecule has 3 aliphatic rings. The van der Waals surface area contributed by atoms with E-state index >= 15 is 0 Å². The molecule has 1 aromatic rings. The Morgan fingerprint density at radius 1 is 1.39 bits per heavy atom. The Kier molecular flexibility index (Phi) is 4.18. The van der Waals surface area contributed by atoms with Crippen molar-refractivity contribution >= 4 is 17.7 Å². The van der Waals surface area contributed by atoms with Crippen molar-refractivity contribution in [1.82, 2.24) is 9.47 Å². The number of hydrogen-bond donors (Lipinski definition) is 0. The normalized spacial score (nSPS) is 26.8. The van der Waals surface area contributed by atoms with Crippen LogP contribution in [0.25, 0.3) is 0 Å². The van der Waals surface area contributed by atoms with Crippen LogP contribution in [0.1, 0.15) is 42.6 Å². The summed E-state index contributed by atoms with van der Waals surface area (Å²) >= 11 is 2.02. The third kappa shape index (κ3) is 3.05. The van der Waals surface area contributed by atoms with Crippen LogP contribution in [0.4, 0.5) is 0 Å². The molecule has 0 bridgehead atoms. The second kappa shape index (κ2) is 6.17. The molecule has 23 heavy (non-hydrogen) atoms. The molecular formula is C18H26N2O2S. The summed E-state index contributed by atoms with van der Waals surface area (Å²) < 4.78 is 8.35. The number of carbonyl (C=O) groups excluding carboxylic acids is 1. The SMILES string of the molecule is Cn1cccc1C(=O)N1CC2(C[C@@H](OCC3CCCC3)CS2)C1. The lowest BCUT2D eigenvalue weighted by molar-refractivity contribution is 0.0195. The molecule has 1 saturated carbocycles. The van der Waals surface area contributed by atoms with Gasteiger partial charge in [-0.3, -0.25) is 4.79 Å². The van der Waals surface area contributed by atoms with Gasteiger partial charge in [-0.15, -0.1) is 11.8 Å². The summed E-state index contributed by atoms with van der Waals surface area (Å²) in [6.07, 6.45) is 8.91. The van der Waals surface area contributed by atoms with Crippen molar-refractivity contribution in [1.29, 1.82) is 0 Å². The highest BCUT2D eigenvalue weighted by atomic mass is 32.2. The van der Waals surface area contributed by atoms with Crippen LogP contribution in [0.15, 0.2) is 18.3 Å². The van der Waals surface area contributed by atoms with Crippen LogP contribution >= 0.6 is 11.8 Å². The van der Waals surface area contributed by atoms with Gasteiger partial charge in [0.25, 0.3) is 5.91 Å². The van der Waals surface area contributed by atoms with Crippen LogP contribution in [0.5, 0.6) is 0 Å². The van der Waals surface area contributed by atoms with Gasteiger partial charge in [0.2, 0.25) is 0 Å². The molecule has 0 unspecified atom stereocenters. The molecule has 0 N–H and O–H groups in total. The highest BCUT2D eigenvalue weighted by molar-refractivity contribution is 8.01. The molecule has 1 atom stereocenters. The smallest absolute Gasteiger partial charge is 0.270 e. The van der Waals surface area contributed by atoms with Gasteiger partial charge >= 0.3 is 0 Å². The van der Waals surface area contributed by atoms with Crippen molar-refractivity contribution in [2.75, 3.05) is 25.4 Å². The number of nitrogens with zero attached hydrogens (tertiary/aromatic N) is 2. The quantitative estimate of drug-likeness (QED) is 0.849. The number of ether oxygens (including phenoxy) is 1. The van der Waals surface area contributed by atoms with Crippen molar-refractivity contribution in [2.24, 2.45) is 13.0 Å². The molecule has 2 aliphatic heterocycles. The van der Waals surface area contributed by atoms with Crippen molar-refractivity contribution in [3.05, 3.63) is 24.0 Å². The summed E-state index contributed by atoms with van der Waals surface area (Å²) in [7, 11) is 1.93. The maximum atomic E-state index is 12.5. The van der Waals surface area contributed by atoms with Gasteiger partial charge in [-0.05, 0) is 37.3 Å². The Labute approximate surface area is 142 Å². The second-order valence-corrected chi connectivity index (χ2v) is 8.96. The van der Waals surface area contributed by atoms with Crippen LogP contribution in [-0.2, 0) is 11.8 Å².